The van der Waals surface area contributed by atoms with Gasteiger partial charge in [-0.2, -0.15) is 0 Å². The maximum Gasteiger partial charge on any atom is 0.0625 e. The summed E-state index contributed by atoms with van der Waals surface area (Å²) in [5, 5.41) is 0. The van der Waals surface area contributed by atoms with Crippen LogP contribution in [0.15, 0.2) is 0 Å². The lowest BCUT2D eigenvalue weighted by Gasteiger charge is -2.23. The molecule has 2 nitrogen and oxygen atoms in total. The Morgan fingerprint density at radius 2 is 2.18 bits per heavy atom. The molecule has 0 bridgehead atoms. The summed E-state index contributed by atoms with van der Waals surface area (Å²) in [6.07, 6.45) is 4.29. The van der Waals surface area contributed by atoms with Gasteiger partial charge in [-0.05, 0) is 26.3 Å². The van der Waals surface area contributed by atoms with Gasteiger partial charge in [-0.15, -0.1) is 0 Å². The third-order valence-corrected chi connectivity index (χ3v) is 3.88. The molecule has 3 aliphatic rings. The van der Waals surface area contributed by atoms with E-state index in [1.54, 1.807) is 0 Å². The normalized spacial score (nSPS) is 46.6. The fourth-order valence-electron chi connectivity index (χ4n) is 2.90. The van der Waals surface area contributed by atoms with E-state index in [2.05, 4.69) is 11.9 Å². The van der Waals surface area contributed by atoms with E-state index in [-0.39, 0.29) is 0 Å². The molecule has 0 amide bonds. The van der Waals surface area contributed by atoms with Crippen molar-refractivity contribution in [1.82, 2.24) is 4.90 Å². The highest BCUT2D eigenvalue weighted by atomic mass is 16.5. The van der Waals surface area contributed by atoms with Crippen molar-refractivity contribution >= 4 is 0 Å². The van der Waals surface area contributed by atoms with Crippen molar-refractivity contribution in [2.24, 2.45) is 5.92 Å². The first-order valence-corrected chi connectivity index (χ1v) is 4.63. The Bertz CT molecular complexity index is 188. The molecule has 2 heterocycles. The molecule has 3 fully saturated rings. The Kier molecular flexibility index (Phi) is 1.06. The van der Waals surface area contributed by atoms with Gasteiger partial charge < -0.3 is 4.74 Å². The third-order valence-electron chi connectivity index (χ3n) is 3.88. The van der Waals surface area contributed by atoms with E-state index < -0.39 is 0 Å². The lowest BCUT2D eigenvalue weighted by molar-refractivity contribution is 0.130. The highest BCUT2D eigenvalue weighted by Gasteiger charge is 2.58. The van der Waals surface area contributed by atoms with Crippen molar-refractivity contribution in [3.63, 3.8) is 0 Å². The Morgan fingerprint density at radius 1 is 1.36 bits per heavy atom. The number of hydrogen-bond donors (Lipinski definition) is 0. The average Bonchev–Trinajstić information content (AvgIpc) is 2.53. The molecule has 0 aromatic carbocycles. The summed E-state index contributed by atoms with van der Waals surface area (Å²) < 4.78 is 5.46. The predicted octanol–water partition coefficient (Wildman–Crippen LogP) is 0.869. The van der Waals surface area contributed by atoms with Crippen LogP contribution in [-0.2, 0) is 4.74 Å². The van der Waals surface area contributed by atoms with E-state index in [0.717, 1.165) is 25.2 Å². The second-order valence-electron chi connectivity index (χ2n) is 4.40. The van der Waals surface area contributed by atoms with Crippen molar-refractivity contribution in [2.45, 2.75) is 30.8 Å². The average molecular weight is 153 g/mol. The third kappa shape index (κ3) is 0.695. The molecule has 1 saturated carbocycles. The van der Waals surface area contributed by atoms with E-state index >= 15 is 0 Å². The molecule has 3 rings (SSSR count). The largest absolute Gasteiger partial charge is 0.379 e. The second-order valence-corrected chi connectivity index (χ2v) is 4.40. The zero-order chi connectivity index (χ0) is 7.47. The van der Waals surface area contributed by atoms with Crippen LogP contribution in [0.4, 0.5) is 0 Å². The van der Waals surface area contributed by atoms with E-state index in [9.17, 15) is 0 Å². The molecule has 0 N–H and O–H groups in total. The van der Waals surface area contributed by atoms with E-state index in [1.165, 1.54) is 19.3 Å². The Morgan fingerprint density at radius 3 is 2.82 bits per heavy atom. The molecule has 2 heteroatoms. The van der Waals surface area contributed by atoms with Gasteiger partial charge in [0.15, 0.2) is 0 Å². The van der Waals surface area contributed by atoms with Crippen molar-refractivity contribution < 1.29 is 4.74 Å². The summed E-state index contributed by atoms with van der Waals surface area (Å²) in [6.45, 7) is 2.01. The quantitative estimate of drug-likeness (QED) is 0.512. The van der Waals surface area contributed by atoms with Gasteiger partial charge in [0, 0.05) is 17.5 Å². The van der Waals surface area contributed by atoms with E-state index in [1.807, 2.05) is 0 Å². The molecule has 0 aromatic rings. The maximum absolute atomic E-state index is 5.46. The molecule has 1 spiro atoms. The van der Waals surface area contributed by atoms with E-state index in [0.29, 0.717) is 5.54 Å². The molecule has 2 saturated heterocycles. The summed E-state index contributed by atoms with van der Waals surface area (Å²) in [4.78, 5) is 2.59. The van der Waals surface area contributed by atoms with Gasteiger partial charge in [-0.1, -0.05) is 0 Å². The molecule has 2 aliphatic heterocycles. The SMILES string of the molecule is CN1[C@H]2COC[C@H]2CC12CC2. The number of likely N-dealkylation sites (tertiary alicyclic amines) is 1. The van der Waals surface area contributed by atoms with E-state index in [4.69, 9.17) is 4.74 Å². The van der Waals surface area contributed by atoms with Crippen molar-refractivity contribution in [3.05, 3.63) is 0 Å². The molecular weight excluding hydrogens is 138 g/mol. The van der Waals surface area contributed by atoms with Crippen LogP contribution in [0.5, 0.6) is 0 Å². The van der Waals surface area contributed by atoms with Crippen LogP contribution in [0.2, 0.25) is 0 Å². The van der Waals surface area contributed by atoms with Crippen LogP contribution in [0.1, 0.15) is 19.3 Å². The van der Waals surface area contributed by atoms with Crippen LogP contribution < -0.4 is 0 Å². The summed E-state index contributed by atoms with van der Waals surface area (Å²) in [6, 6.07) is 0.762. The Hall–Kier alpha value is -0.0800. The zero-order valence-corrected chi connectivity index (χ0v) is 7.05. The lowest BCUT2D eigenvalue weighted by atomic mass is 10.0. The smallest absolute Gasteiger partial charge is 0.0625 e. The minimum absolute atomic E-state index is 0.652. The molecular formula is C9H15NO. The molecule has 2 atom stereocenters. The minimum Gasteiger partial charge on any atom is -0.379 e. The summed E-state index contributed by atoms with van der Waals surface area (Å²) in [7, 11) is 2.28. The van der Waals surface area contributed by atoms with Crippen LogP contribution in [0, 0.1) is 5.92 Å². The van der Waals surface area contributed by atoms with Crippen molar-refractivity contribution in [2.75, 3.05) is 20.3 Å². The molecule has 0 unspecified atom stereocenters. The van der Waals surface area contributed by atoms with Gasteiger partial charge in [0.1, 0.15) is 0 Å². The fraction of sp³-hybridized carbons (Fsp3) is 1.00. The molecule has 11 heavy (non-hydrogen) atoms. The summed E-state index contributed by atoms with van der Waals surface area (Å²) in [5.74, 6) is 0.863. The van der Waals surface area contributed by atoms with Gasteiger partial charge in [0.05, 0.1) is 13.2 Å². The molecule has 62 valence electrons. The maximum atomic E-state index is 5.46. The highest BCUT2D eigenvalue weighted by Crippen LogP contribution is 2.54. The Labute approximate surface area is 67.5 Å². The van der Waals surface area contributed by atoms with Gasteiger partial charge in [-0.25, -0.2) is 0 Å². The lowest BCUT2D eigenvalue weighted by Crippen LogP contribution is -2.35. The van der Waals surface area contributed by atoms with Gasteiger partial charge in [0.25, 0.3) is 0 Å². The number of hydrogen-bond acceptors (Lipinski definition) is 2. The van der Waals surface area contributed by atoms with Crippen molar-refractivity contribution in [3.8, 4) is 0 Å². The van der Waals surface area contributed by atoms with Gasteiger partial charge >= 0.3 is 0 Å². The van der Waals surface area contributed by atoms with Crippen LogP contribution >= 0.6 is 0 Å². The van der Waals surface area contributed by atoms with Crippen LogP contribution in [0.3, 0.4) is 0 Å². The van der Waals surface area contributed by atoms with Crippen molar-refractivity contribution in [1.29, 1.82) is 0 Å². The summed E-state index contributed by atoms with van der Waals surface area (Å²) >= 11 is 0. The monoisotopic (exact) mass is 153 g/mol. The van der Waals surface area contributed by atoms with Crippen LogP contribution in [0.25, 0.3) is 0 Å². The fourth-order valence-corrected chi connectivity index (χ4v) is 2.90. The first-order valence-electron chi connectivity index (χ1n) is 4.63. The van der Waals surface area contributed by atoms with Gasteiger partial charge in [0.2, 0.25) is 0 Å². The number of nitrogens with zero attached hydrogens (tertiary/aromatic N) is 1. The zero-order valence-electron chi connectivity index (χ0n) is 7.05. The predicted molar refractivity (Wildman–Crippen MR) is 42.4 cm³/mol. The molecule has 1 aliphatic carbocycles. The number of rotatable bonds is 0. The number of ether oxygens (including phenoxy) is 1. The number of fused-ring (bicyclic) bond motifs is 1. The standard InChI is InChI=1S/C9H15NO/c1-10-8-6-11-5-7(8)4-9(10)2-3-9/h7-8H,2-6H2,1H3/t7-,8+/m1/s1. The Balaban J connectivity index is 1.88. The van der Waals surface area contributed by atoms with Gasteiger partial charge in [-0.3, -0.25) is 4.90 Å². The summed E-state index contributed by atoms with van der Waals surface area (Å²) in [5.41, 5.74) is 0.652. The minimum atomic E-state index is 0.652. The highest BCUT2D eigenvalue weighted by molar-refractivity contribution is 5.13. The van der Waals surface area contributed by atoms with Crippen LogP contribution in [-0.4, -0.2) is 36.7 Å². The topological polar surface area (TPSA) is 12.5 Å². The first-order chi connectivity index (χ1) is 5.32. The molecule has 0 aromatic heterocycles. The number of likely N-dealkylation sites (N-methyl/N-ethyl adjacent to an activating group) is 1. The first kappa shape index (κ1) is 6.44. The second kappa shape index (κ2) is 1.80. The molecule has 0 radical (unpaired) electrons.